The van der Waals surface area contributed by atoms with Crippen LogP contribution in [0, 0.1) is 0 Å². The van der Waals surface area contributed by atoms with Crippen LogP contribution in [-0.4, -0.2) is 15.3 Å². The first kappa shape index (κ1) is 11.4. The fourth-order valence-electron chi connectivity index (χ4n) is 1.89. The minimum absolute atomic E-state index is 0.0792. The lowest BCUT2D eigenvalue weighted by molar-refractivity contribution is 0.0943. The first-order chi connectivity index (χ1) is 9.25. The minimum atomic E-state index is -0.260. The molecule has 19 heavy (non-hydrogen) atoms. The maximum Gasteiger partial charge on any atom is 0.261 e. The van der Waals surface area contributed by atoms with E-state index in [9.17, 15) is 9.59 Å². The number of hydrogen-bond donors (Lipinski definition) is 0. The van der Waals surface area contributed by atoms with Gasteiger partial charge in [-0.1, -0.05) is 12.1 Å². The number of carbonyl (C=O) groups excluding carboxylic acids is 1. The molecule has 0 aliphatic rings. The van der Waals surface area contributed by atoms with Crippen molar-refractivity contribution in [2.24, 2.45) is 0 Å². The predicted molar refractivity (Wildman–Crippen MR) is 69.0 cm³/mol. The van der Waals surface area contributed by atoms with Crippen LogP contribution in [0.25, 0.3) is 10.9 Å². The van der Waals surface area contributed by atoms with E-state index in [0.29, 0.717) is 10.9 Å². The van der Waals surface area contributed by atoms with Gasteiger partial charge in [0.1, 0.15) is 0 Å². The molecule has 0 unspecified atom stereocenters. The van der Waals surface area contributed by atoms with Crippen LogP contribution in [0.15, 0.2) is 58.2 Å². The Morgan fingerprint density at radius 1 is 1.21 bits per heavy atom. The molecule has 0 saturated carbocycles. The van der Waals surface area contributed by atoms with Gasteiger partial charge >= 0.3 is 0 Å². The van der Waals surface area contributed by atoms with Gasteiger partial charge in [0.05, 0.1) is 30.0 Å². The second-order valence-electron chi connectivity index (χ2n) is 4.10. The van der Waals surface area contributed by atoms with Crippen molar-refractivity contribution in [2.45, 2.75) is 6.54 Å². The zero-order chi connectivity index (χ0) is 13.2. The van der Waals surface area contributed by atoms with Gasteiger partial charge in [0, 0.05) is 0 Å². The van der Waals surface area contributed by atoms with Crippen LogP contribution >= 0.6 is 0 Å². The molecule has 3 aromatic rings. The van der Waals surface area contributed by atoms with E-state index in [1.807, 2.05) is 6.07 Å². The maximum atomic E-state index is 12.2. The Kier molecular flexibility index (Phi) is 2.72. The number of Topliss-reactive ketones (excluding diaryl/α,β-unsaturated/α-hetero) is 1. The van der Waals surface area contributed by atoms with Crippen molar-refractivity contribution < 1.29 is 9.21 Å². The molecule has 0 aliphatic carbocycles. The summed E-state index contributed by atoms with van der Waals surface area (Å²) in [5.74, 6) is -0.0239. The fourth-order valence-corrected chi connectivity index (χ4v) is 1.89. The van der Waals surface area contributed by atoms with Gasteiger partial charge in [0.2, 0.25) is 5.78 Å². The van der Waals surface area contributed by atoms with Gasteiger partial charge in [-0.25, -0.2) is 4.98 Å². The molecule has 5 nitrogen and oxygen atoms in total. The summed E-state index contributed by atoms with van der Waals surface area (Å²) >= 11 is 0. The topological polar surface area (TPSA) is 65.1 Å². The summed E-state index contributed by atoms with van der Waals surface area (Å²) < 4.78 is 6.29. The van der Waals surface area contributed by atoms with Crippen molar-refractivity contribution in [1.82, 2.24) is 9.55 Å². The molecule has 0 amide bonds. The average molecular weight is 254 g/mol. The number of rotatable bonds is 3. The van der Waals surface area contributed by atoms with E-state index in [-0.39, 0.29) is 23.6 Å². The minimum Gasteiger partial charge on any atom is -0.461 e. The number of ketones is 1. The van der Waals surface area contributed by atoms with Gasteiger partial charge in [-0.15, -0.1) is 0 Å². The van der Waals surface area contributed by atoms with Gasteiger partial charge in [-0.3, -0.25) is 14.2 Å². The van der Waals surface area contributed by atoms with Crippen molar-refractivity contribution in [2.75, 3.05) is 0 Å². The monoisotopic (exact) mass is 254 g/mol. The number of furan rings is 1. The Morgan fingerprint density at radius 2 is 2.05 bits per heavy atom. The molecular weight excluding hydrogens is 244 g/mol. The molecule has 0 aliphatic heterocycles. The van der Waals surface area contributed by atoms with Crippen LogP contribution in [0.3, 0.4) is 0 Å². The molecule has 3 rings (SSSR count). The highest BCUT2D eigenvalue weighted by Crippen LogP contribution is 2.06. The Morgan fingerprint density at radius 3 is 2.84 bits per heavy atom. The Balaban J connectivity index is 2.00. The van der Waals surface area contributed by atoms with Crippen LogP contribution in [0.5, 0.6) is 0 Å². The highest BCUT2D eigenvalue weighted by molar-refractivity contribution is 5.93. The summed E-state index contributed by atoms with van der Waals surface area (Å²) in [5, 5.41) is 0.497. The van der Waals surface area contributed by atoms with Crippen LogP contribution < -0.4 is 5.56 Å². The third-order valence-electron chi connectivity index (χ3n) is 2.84. The first-order valence-corrected chi connectivity index (χ1v) is 5.76. The predicted octanol–water partition coefficient (Wildman–Crippen LogP) is 1.87. The number of fused-ring (bicyclic) bond motifs is 1. The highest BCUT2D eigenvalue weighted by atomic mass is 16.3. The van der Waals surface area contributed by atoms with Gasteiger partial charge in [0.15, 0.2) is 5.76 Å². The van der Waals surface area contributed by atoms with E-state index in [4.69, 9.17) is 4.42 Å². The van der Waals surface area contributed by atoms with E-state index >= 15 is 0 Å². The number of para-hydroxylation sites is 1. The normalized spacial score (nSPS) is 10.7. The van der Waals surface area contributed by atoms with E-state index in [1.165, 1.54) is 17.2 Å². The summed E-state index contributed by atoms with van der Waals surface area (Å²) in [6, 6.07) is 10.2. The van der Waals surface area contributed by atoms with Gasteiger partial charge in [-0.2, -0.15) is 0 Å². The van der Waals surface area contributed by atoms with Crippen LogP contribution in [0.2, 0.25) is 0 Å². The van der Waals surface area contributed by atoms with Crippen molar-refractivity contribution in [1.29, 1.82) is 0 Å². The van der Waals surface area contributed by atoms with Gasteiger partial charge in [0.25, 0.3) is 5.56 Å². The molecule has 0 saturated heterocycles. The second-order valence-corrected chi connectivity index (χ2v) is 4.10. The molecular formula is C14H10N2O3. The molecule has 94 valence electrons. The number of nitrogens with zero attached hydrogens (tertiary/aromatic N) is 2. The van der Waals surface area contributed by atoms with Crippen molar-refractivity contribution in [3.05, 3.63) is 65.1 Å². The van der Waals surface area contributed by atoms with Crippen molar-refractivity contribution in [3.63, 3.8) is 0 Å². The van der Waals surface area contributed by atoms with Gasteiger partial charge in [-0.05, 0) is 24.3 Å². The lowest BCUT2D eigenvalue weighted by Gasteiger charge is -2.04. The zero-order valence-electron chi connectivity index (χ0n) is 9.95. The lowest BCUT2D eigenvalue weighted by atomic mass is 10.2. The highest BCUT2D eigenvalue weighted by Gasteiger charge is 2.11. The van der Waals surface area contributed by atoms with E-state index in [0.717, 1.165) is 0 Å². The first-order valence-electron chi connectivity index (χ1n) is 5.76. The van der Waals surface area contributed by atoms with E-state index in [2.05, 4.69) is 4.98 Å². The molecule has 5 heteroatoms. The molecule has 0 spiro atoms. The van der Waals surface area contributed by atoms with Crippen LogP contribution in [-0.2, 0) is 6.54 Å². The standard InChI is InChI=1S/C14H10N2O3/c17-12(13-6-3-7-19-13)8-16-9-15-11-5-2-1-4-10(11)14(16)18/h1-7,9H,8H2. The largest absolute Gasteiger partial charge is 0.461 e. The lowest BCUT2D eigenvalue weighted by Crippen LogP contribution is -2.24. The Bertz CT molecular complexity index is 788. The third-order valence-corrected chi connectivity index (χ3v) is 2.84. The SMILES string of the molecule is O=C(Cn1cnc2ccccc2c1=O)c1ccco1. The number of aromatic nitrogens is 2. The molecule has 0 bridgehead atoms. The smallest absolute Gasteiger partial charge is 0.261 e. The Hall–Kier alpha value is -2.69. The molecule has 0 atom stereocenters. The number of carbonyl (C=O) groups is 1. The molecule has 0 N–H and O–H groups in total. The summed E-state index contributed by atoms with van der Waals surface area (Å²) in [6.45, 7) is -0.0792. The van der Waals surface area contributed by atoms with Crippen LogP contribution in [0.1, 0.15) is 10.6 Å². The maximum absolute atomic E-state index is 12.2. The number of benzene rings is 1. The zero-order valence-corrected chi connectivity index (χ0v) is 9.95. The van der Waals surface area contributed by atoms with E-state index < -0.39 is 0 Å². The summed E-state index contributed by atoms with van der Waals surface area (Å²) in [5.41, 5.74) is 0.389. The average Bonchev–Trinajstić information content (AvgIpc) is 2.96. The van der Waals surface area contributed by atoms with Crippen LogP contribution in [0.4, 0.5) is 0 Å². The summed E-state index contributed by atoms with van der Waals surface area (Å²) in [7, 11) is 0. The second kappa shape index (κ2) is 4.53. The van der Waals surface area contributed by atoms with Crippen molar-refractivity contribution >= 4 is 16.7 Å². The summed E-state index contributed by atoms with van der Waals surface area (Å²) in [6.07, 6.45) is 2.81. The quantitative estimate of drug-likeness (QED) is 0.669. The van der Waals surface area contributed by atoms with E-state index in [1.54, 1.807) is 30.3 Å². The van der Waals surface area contributed by atoms with Gasteiger partial charge < -0.3 is 4.42 Å². The molecule has 0 fully saturated rings. The molecule has 2 heterocycles. The van der Waals surface area contributed by atoms with Crippen molar-refractivity contribution in [3.8, 4) is 0 Å². The molecule has 0 radical (unpaired) electrons. The molecule has 2 aromatic heterocycles. The summed E-state index contributed by atoms with van der Waals surface area (Å²) in [4.78, 5) is 28.2. The fraction of sp³-hybridized carbons (Fsp3) is 0.0714. The molecule has 1 aromatic carbocycles. The Labute approximate surface area is 108 Å². The number of hydrogen-bond acceptors (Lipinski definition) is 4. The third kappa shape index (κ3) is 2.06.